The lowest BCUT2D eigenvalue weighted by Crippen LogP contribution is -2.10. The minimum Gasteiger partial charge on any atom is -0.504 e. The highest BCUT2D eigenvalue weighted by Gasteiger charge is 2.20. The van der Waals surface area contributed by atoms with E-state index >= 15 is 0 Å². The van der Waals surface area contributed by atoms with E-state index < -0.39 is 11.6 Å². The fourth-order valence-corrected chi connectivity index (χ4v) is 4.10. The molecule has 0 aliphatic heterocycles. The van der Waals surface area contributed by atoms with Gasteiger partial charge in [0.05, 0.1) is 11.4 Å². The smallest absolute Gasteiger partial charge is 0.165 e. The van der Waals surface area contributed by atoms with E-state index in [9.17, 15) is 9.50 Å². The third-order valence-electron chi connectivity index (χ3n) is 5.60. The zero-order valence-electron chi connectivity index (χ0n) is 17.6. The summed E-state index contributed by atoms with van der Waals surface area (Å²) in [6, 6.07) is 16.7. The molecule has 3 aromatic heterocycles. The van der Waals surface area contributed by atoms with Gasteiger partial charge in [0.25, 0.3) is 0 Å². The monoisotopic (exact) mass is 427 g/mol. The molecule has 0 spiro atoms. The van der Waals surface area contributed by atoms with Crippen LogP contribution in [0.3, 0.4) is 0 Å². The fourth-order valence-electron chi connectivity index (χ4n) is 4.10. The molecule has 7 heteroatoms. The summed E-state index contributed by atoms with van der Waals surface area (Å²) < 4.78 is 14.0. The molecule has 2 aromatic carbocycles. The molecule has 160 valence electrons. The molecule has 0 aliphatic rings. The van der Waals surface area contributed by atoms with Crippen LogP contribution in [0, 0.1) is 12.7 Å². The molecule has 4 N–H and O–H groups in total. The van der Waals surface area contributed by atoms with Gasteiger partial charge in [-0.25, -0.2) is 14.4 Å². The maximum atomic E-state index is 14.0. The van der Waals surface area contributed by atoms with Crippen LogP contribution in [0.1, 0.15) is 24.4 Å². The number of phenolic OH excluding ortho intramolecular Hbond substituents is 1. The molecule has 5 aromatic rings. The predicted octanol–water partition coefficient (Wildman–Crippen LogP) is 5.95. The van der Waals surface area contributed by atoms with E-state index in [4.69, 9.17) is 0 Å². The van der Waals surface area contributed by atoms with Crippen molar-refractivity contribution in [3.63, 3.8) is 0 Å². The quantitative estimate of drug-likeness (QED) is 0.279. The molecule has 3 heterocycles. The van der Waals surface area contributed by atoms with Crippen molar-refractivity contribution in [2.24, 2.45) is 0 Å². The van der Waals surface area contributed by atoms with Crippen LogP contribution in [0.5, 0.6) is 5.75 Å². The van der Waals surface area contributed by atoms with Gasteiger partial charge in [0, 0.05) is 34.3 Å². The fraction of sp³-hybridized carbons (Fsp3) is 0.120. The Hall–Kier alpha value is -4.13. The number of para-hydroxylation sites is 1. The van der Waals surface area contributed by atoms with Gasteiger partial charge in [0.1, 0.15) is 17.8 Å². The maximum absolute atomic E-state index is 14.0. The van der Waals surface area contributed by atoms with E-state index in [0.717, 1.165) is 22.5 Å². The Kier molecular flexibility index (Phi) is 4.86. The normalized spacial score (nSPS) is 12.2. The van der Waals surface area contributed by atoms with Crippen LogP contribution in [0.15, 0.2) is 67.1 Å². The number of aromatic amines is 2. The number of aryl methyl sites for hydroxylation is 1. The van der Waals surface area contributed by atoms with Crippen LogP contribution in [-0.2, 0) is 0 Å². The summed E-state index contributed by atoms with van der Waals surface area (Å²) in [4.78, 5) is 15.3. The van der Waals surface area contributed by atoms with Crippen molar-refractivity contribution in [1.29, 1.82) is 0 Å². The number of halogens is 1. The number of hydrogen-bond donors (Lipinski definition) is 4. The van der Waals surface area contributed by atoms with Gasteiger partial charge in [-0.3, -0.25) is 0 Å². The topological polar surface area (TPSA) is 89.6 Å². The zero-order chi connectivity index (χ0) is 22.2. The summed E-state index contributed by atoms with van der Waals surface area (Å²) in [6.07, 6.45) is 3.18. The molecule has 0 aliphatic carbocycles. The number of anilines is 1. The van der Waals surface area contributed by atoms with Gasteiger partial charge in [0.2, 0.25) is 0 Å². The molecular formula is C25H22FN5O. The largest absolute Gasteiger partial charge is 0.504 e. The van der Waals surface area contributed by atoms with Gasteiger partial charge >= 0.3 is 0 Å². The van der Waals surface area contributed by atoms with Crippen molar-refractivity contribution < 1.29 is 9.50 Å². The number of nitrogens with zero attached hydrogens (tertiary/aromatic N) is 2. The molecule has 32 heavy (non-hydrogen) atoms. The second-order valence-corrected chi connectivity index (χ2v) is 7.80. The van der Waals surface area contributed by atoms with Crippen molar-refractivity contribution in [3.8, 4) is 28.0 Å². The lowest BCUT2D eigenvalue weighted by Gasteiger charge is -2.17. The van der Waals surface area contributed by atoms with Crippen LogP contribution in [0.25, 0.3) is 33.3 Å². The van der Waals surface area contributed by atoms with Crippen LogP contribution in [-0.4, -0.2) is 25.0 Å². The van der Waals surface area contributed by atoms with Crippen LogP contribution >= 0.6 is 0 Å². The Morgan fingerprint density at radius 3 is 2.62 bits per heavy atom. The molecule has 1 unspecified atom stereocenters. The molecular weight excluding hydrogens is 405 g/mol. The number of aromatic hydroxyl groups is 1. The number of benzene rings is 2. The van der Waals surface area contributed by atoms with Crippen molar-refractivity contribution in [2.75, 3.05) is 5.32 Å². The van der Waals surface area contributed by atoms with Gasteiger partial charge in [-0.15, -0.1) is 0 Å². The first-order chi connectivity index (χ1) is 15.5. The molecule has 0 fully saturated rings. The number of phenols is 1. The first kappa shape index (κ1) is 19.8. The third-order valence-corrected chi connectivity index (χ3v) is 5.60. The molecule has 0 amide bonds. The summed E-state index contributed by atoms with van der Waals surface area (Å²) in [5, 5.41) is 14.5. The SMILES string of the molecule is Cc1cc(-c2ccccc2)c(C(C)Nc2ncnc3[nH]cc(-c4cccc(F)c4O)c23)[nH]1. The molecule has 0 bridgehead atoms. The maximum Gasteiger partial charge on any atom is 0.165 e. The summed E-state index contributed by atoms with van der Waals surface area (Å²) in [6.45, 7) is 4.08. The molecule has 0 saturated heterocycles. The van der Waals surface area contributed by atoms with E-state index in [2.05, 4.69) is 50.4 Å². The lowest BCUT2D eigenvalue weighted by molar-refractivity contribution is 0.434. The molecule has 5 rings (SSSR count). The highest BCUT2D eigenvalue weighted by Crippen LogP contribution is 2.39. The molecule has 1 atom stereocenters. The second kappa shape index (κ2) is 7.85. The molecule has 6 nitrogen and oxygen atoms in total. The van der Waals surface area contributed by atoms with Gasteiger partial charge in [-0.1, -0.05) is 42.5 Å². The third kappa shape index (κ3) is 3.37. The number of H-pyrrole nitrogens is 2. The predicted molar refractivity (Wildman–Crippen MR) is 124 cm³/mol. The first-order valence-corrected chi connectivity index (χ1v) is 10.3. The van der Waals surface area contributed by atoms with Crippen molar-refractivity contribution in [2.45, 2.75) is 19.9 Å². The van der Waals surface area contributed by atoms with Crippen LogP contribution in [0.4, 0.5) is 10.2 Å². The van der Waals surface area contributed by atoms with E-state index in [1.165, 1.54) is 12.4 Å². The summed E-state index contributed by atoms with van der Waals surface area (Å²) in [5.74, 6) is -0.484. The van der Waals surface area contributed by atoms with E-state index in [0.29, 0.717) is 28.0 Å². The average molecular weight is 427 g/mol. The number of aromatic nitrogens is 4. The average Bonchev–Trinajstić information content (AvgIpc) is 3.41. The number of hydrogen-bond acceptors (Lipinski definition) is 4. The lowest BCUT2D eigenvalue weighted by atomic mass is 10.0. The Balaban J connectivity index is 1.58. The van der Waals surface area contributed by atoms with Crippen LogP contribution < -0.4 is 5.32 Å². The minimum atomic E-state index is -0.675. The number of fused-ring (bicyclic) bond motifs is 1. The molecule has 0 saturated carbocycles. The highest BCUT2D eigenvalue weighted by molar-refractivity contribution is 6.02. The van der Waals surface area contributed by atoms with Crippen molar-refractivity contribution in [1.82, 2.24) is 19.9 Å². The van der Waals surface area contributed by atoms with Gasteiger partial charge in [-0.2, -0.15) is 0 Å². The van der Waals surface area contributed by atoms with E-state index in [1.807, 2.05) is 25.1 Å². The Morgan fingerprint density at radius 2 is 1.81 bits per heavy atom. The summed E-state index contributed by atoms with van der Waals surface area (Å²) >= 11 is 0. The van der Waals surface area contributed by atoms with Gasteiger partial charge < -0.3 is 20.4 Å². The zero-order valence-corrected chi connectivity index (χ0v) is 17.6. The molecule has 0 radical (unpaired) electrons. The van der Waals surface area contributed by atoms with Crippen LogP contribution in [0.2, 0.25) is 0 Å². The van der Waals surface area contributed by atoms with E-state index in [-0.39, 0.29) is 6.04 Å². The standard InChI is InChI=1S/C25H22FN5O/c1-14-11-18(16-7-4-3-5-8-16)22(30-14)15(2)31-25-21-19(12-27-24(21)28-13-29-25)17-9-6-10-20(26)23(17)32/h3-13,15,30,32H,1-2H3,(H2,27,28,29,31). The Labute approximate surface area is 184 Å². The highest BCUT2D eigenvalue weighted by atomic mass is 19.1. The minimum absolute atomic E-state index is 0.110. The summed E-state index contributed by atoms with van der Waals surface area (Å²) in [7, 11) is 0. The second-order valence-electron chi connectivity index (χ2n) is 7.80. The first-order valence-electron chi connectivity index (χ1n) is 10.3. The van der Waals surface area contributed by atoms with Crippen molar-refractivity contribution >= 4 is 16.9 Å². The van der Waals surface area contributed by atoms with Crippen molar-refractivity contribution in [3.05, 3.63) is 84.3 Å². The van der Waals surface area contributed by atoms with E-state index in [1.54, 1.807) is 18.3 Å². The Bertz CT molecular complexity index is 1410. The van der Waals surface area contributed by atoms with Gasteiger partial charge in [0.15, 0.2) is 11.6 Å². The Morgan fingerprint density at radius 1 is 1.00 bits per heavy atom. The van der Waals surface area contributed by atoms with Gasteiger partial charge in [-0.05, 0) is 31.5 Å². The summed E-state index contributed by atoms with van der Waals surface area (Å²) in [5.41, 5.74) is 5.93. The number of rotatable bonds is 5. The number of nitrogens with one attached hydrogen (secondary N) is 3.